The van der Waals surface area contributed by atoms with Crippen molar-refractivity contribution in [2.45, 2.75) is 38.3 Å². The SMILES string of the molecule is C[C@@H](/C=C/CCO)[C@]1(O)C(=O)N(Cc2ccccc2)c2ccc(N3C(=O)CCc4ccccc43)cc21. The summed E-state index contributed by atoms with van der Waals surface area (Å²) in [6, 6.07) is 23.0. The molecule has 5 rings (SSSR count). The minimum Gasteiger partial charge on any atom is -0.396 e. The first-order chi connectivity index (χ1) is 17.4. The summed E-state index contributed by atoms with van der Waals surface area (Å²) in [6.07, 6.45) is 5.09. The molecule has 0 bridgehead atoms. The number of amides is 2. The maximum absolute atomic E-state index is 13.8. The van der Waals surface area contributed by atoms with Crippen molar-refractivity contribution in [1.29, 1.82) is 0 Å². The number of benzene rings is 3. The molecule has 3 aromatic rings. The van der Waals surface area contributed by atoms with Gasteiger partial charge in [0.25, 0.3) is 5.91 Å². The Labute approximate surface area is 211 Å². The number of nitrogens with zero attached hydrogens (tertiary/aromatic N) is 2. The van der Waals surface area contributed by atoms with E-state index >= 15 is 0 Å². The van der Waals surface area contributed by atoms with E-state index in [9.17, 15) is 19.8 Å². The Morgan fingerprint density at radius 3 is 2.50 bits per heavy atom. The van der Waals surface area contributed by atoms with Gasteiger partial charge in [-0.1, -0.05) is 67.6 Å². The highest BCUT2D eigenvalue weighted by molar-refractivity contribution is 6.09. The molecule has 0 fully saturated rings. The molecule has 0 spiro atoms. The highest BCUT2D eigenvalue weighted by Crippen LogP contribution is 2.48. The Balaban J connectivity index is 1.62. The number of carbonyl (C=O) groups is 2. The Hall–Kier alpha value is -3.74. The molecule has 0 saturated carbocycles. The van der Waals surface area contributed by atoms with E-state index in [0.717, 1.165) is 16.8 Å². The molecule has 0 aliphatic carbocycles. The number of para-hydroxylation sites is 1. The maximum Gasteiger partial charge on any atom is 0.264 e. The Morgan fingerprint density at radius 2 is 1.72 bits per heavy atom. The molecule has 3 aromatic carbocycles. The second-order valence-electron chi connectivity index (χ2n) is 9.43. The number of aliphatic hydroxyl groups excluding tert-OH is 1. The summed E-state index contributed by atoms with van der Waals surface area (Å²) in [7, 11) is 0. The van der Waals surface area contributed by atoms with Crippen LogP contribution >= 0.6 is 0 Å². The van der Waals surface area contributed by atoms with Gasteiger partial charge in [-0.2, -0.15) is 0 Å². The van der Waals surface area contributed by atoms with Crippen LogP contribution in [0.2, 0.25) is 0 Å². The molecule has 184 valence electrons. The van der Waals surface area contributed by atoms with Crippen molar-refractivity contribution in [2.24, 2.45) is 5.92 Å². The van der Waals surface area contributed by atoms with Gasteiger partial charge in [-0.05, 0) is 48.2 Å². The monoisotopic (exact) mass is 482 g/mol. The summed E-state index contributed by atoms with van der Waals surface area (Å²) in [5.41, 5.74) is 2.82. The molecular formula is C30H30N2O4. The molecule has 0 saturated heterocycles. The summed E-state index contributed by atoms with van der Waals surface area (Å²) in [5.74, 6) is -0.959. The van der Waals surface area contributed by atoms with E-state index in [1.807, 2.05) is 66.7 Å². The van der Waals surface area contributed by atoms with Crippen molar-refractivity contribution in [3.05, 3.63) is 102 Å². The van der Waals surface area contributed by atoms with Gasteiger partial charge in [-0.25, -0.2) is 0 Å². The van der Waals surface area contributed by atoms with Gasteiger partial charge < -0.3 is 15.1 Å². The quantitative estimate of drug-likeness (QED) is 0.482. The van der Waals surface area contributed by atoms with Crippen LogP contribution in [0.4, 0.5) is 17.1 Å². The standard InChI is InChI=1S/C30H30N2O4/c1-21(9-7-8-18-33)30(36)25-19-24(32-26-13-6-5-12-23(26)14-17-28(32)34)15-16-27(25)31(29(30)35)20-22-10-3-2-4-11-22/h2-7,9-13,15-16,19,21,33,36H,8,14,17-18,20H2,1H3/b9-7+/t21-,30+/m0/s1. The van der Waals surface area contributed by atoms with Gasteiger partial charge in [-0.15, -0.1) is 0 Å². The van der Waals surface area contributed by atoms with Gasteiger partial charge in [-0.3, -0.25) is 14.5 Å². The Bertz CT molecular complexity index is 1320. The van der Waals surface area contributed by atoms with Crippen LogP contribution in [0, 0.1) is 5.92 Å². The fourth-order valence-corrected chi connectivity index (χ4v) is 5.22. The Morgan fingerprint density at radius 1 is 0.972 bits per heavy atom. The lowest BCUT2D eigenvalue weighted by atomic mass is 9.82. The van der Waals surface area contributed by atoms with Crippen LogP contribution < -0.4 is 9.80 Å². The molecule has 6 nitrogen and oxygen atoms in total. The lowest BCUT2D eigenvalue weighted by molar-refractivity contribution is -0.139. The second kappa shape index (κ2) is 9.72. The lowest BCUT2D eigenvalue weighted by Crippen LogP contribution is -2.44. The molecule has 36 heavy (non-hydrogen) atoms. The Kier molecular flexibility index (Phi) is 6.48. The average Bonchev–Trinajstić information content (AvgIpc) is 3.11. The van der Waals surface area contributed by atoms with Gasteiger partial charge >= 0.3 is 0 Å². The van der Waals surface area contributed by atoms with Gasteiger partial charge in [0.05, 0.1) is 17.9 Å². The zero-order chi connectivity index (χ0) is 25.3. The molecule has 0 aromatic heterocycles. The molecule has 2 N–H and O–H groups in total. The van der Waals surface area contributed by atoms with E-state index in [1.165, 1.54) is 0 Å². The molecule has 2 heterocycles. The summed E-state index contributed by atoms with van der Waals surface area (Å²) in [6.45, 7) is 2.12. The highest BCUT2D eigenvalue weighted by Gasteiger charge is 2.52. The van der Waals surface area contributed by atoms with Gasteiger partial charge in [0.2, 0.25) is 5.91 Å². The minimum atomic E-state index is -1.80. The van der Waals surface area contributed by atoms with Crippen molar-refractivity contribution in [2.75, 3.05) is 16.4 Å². The normalized spacial score (nSPS) is 20.1. The number of carbonyl (C=O) groups excluding carboxylic acids is 2. The molecular weight excluding hydrogens is 452 g/mol. The van der Waals surface area contributed by atoms with E-state index in [4.69, 9.17) is 0 Å². The number of hydrogen-bond acceptors (Lipinski definition) is 4. The largest absolute Gasteiger partial charge is 0.396 e. The van der Waals surface area contributed by atoms with E-state index in [0.29, 0.717) is 42.7 Å². The second-order valence-corrected chi connectivity index (χ2v) is 9.43. The number of rotatable bonds is 7. The van der Waals surface area contributed by atoms with Crippen molar-refractivity contribution >= 4 is 28.9 Å². The molecule has 6 heteroatoms. The molecule has 2 amide bonds. The number of aryl methyl sites for hydroxylation is 1. The number of hydrogen-bond donors (Lipinski definition) is 2. The van der Waals surface area contributed by atoms with Gasteiger partial charge in [0, 0.05) is 30.2 Å². The fraction of sp³-hybridized carbons (Fsp3) is 0.267. The van der Waals surface area contributed by atoms with E-state index < -0.39 is 17.4 Å². The van der Waals surface area contributed by atoms with E-state index in [1.54, 1.807) is 34.9 Å². The van der Waals surface area contributed by atoms with Crippen LogP contribution in [-0.4, -0.2) is 28.6 Å². The summed E-state index contributed by atoms with van der Waals surface area (Å²) in [4.78, 5) is 30.2. The van der Waals surface area contributed by atoms with Crippen LogP contribution in [0.3, 0.4) is 0 Å². The fourth-order valence-electron chi connectivity index (χ4n) is 5.22. The summed E-state index contributed by atoms with van der Waals surface area (Å²) < 4.78 is 0. The minimum absolute atomic E-state index is 0.00700. The predicted octanol–water partition coefficient (Wildman–Crippen LogP) is 4.61. The van der Waals surface area contributed by atoms with Crippen molar-refractivity contribution in [1.82, 2.24) is 0 Å². The first-order valence-corrected chi connectivity index (χ1v) is 12.4. The summed E-state index contributed by atoms with van der Waals surface area (Å²) in [5, 5.41) is 21.2. The third kappa shape index (κ3) is 4.02. The van der Waals surface area contributed by atoms with Crippen molar-refractivity contribution in [3.8, 4) is 0 Å². The van der Waals surface area contributed by atoms with Gasteiger partial charge in [0.1, 0.15) is 0 Å². The molecule has 2 aliphatic heterocycles. The van der Waals surface area contributed by atoms with Crippen molar-refractivity contribution < 1.29 is 19.8 Å². The zero-order valence-corrected chi connectivity index (χ0v) is 20.3. The molecule has 0 unspecified atom stereocenters. The van der Waals surface area contributed by atoms with Crippen LogP contribution in [-0.2, 0) is 28.2 Å². The zero-order valence-electron chi connectivity index (χ0n) is 20.3. The third-order valence-corrected chi connectivity index (χ3v) is 7.16. The first kappa shape index (κ1) is 24.0. The summed E-state index contributed by atoms with van der Waals surface area (Å²) >= 11 is 0. The number of aliphatic hydroxyl groups is 2. The van der Waals surface area contributed by atoms with E-state index in [-0.39, 0.29) is 12.5 Å². The topological polar surface area (TPSA) is 81.1 Å². The van der Waals surface area contributed by atoms with Crippen molar-refractivity contribution in [3.63, 3.8) is 0 Å². The van der Waals surface area contributed by atoms with E-state index in [2.05, 4.69) is 0 Å². The third-order valence-electron chi connectivity index (χ3n) is 7.16. The predicted molar refractivity (Wildman–Crippen MR) is 140 cm³/mol. The number of anilines is 3. The van der Waals surface area contributed by atoms with Crippen LogP contribution in [0.5, 0.6) is 0 Å². The smallest absolute Gasteiger partial charge is 0.264 e. The molecule has 0 radical (unpaired) electrons. The van der Waals surface area contributed by atoms with Crippen LogP contribution in [0.15, 0.2) is 84.9 Å². The average molecular weight is 483 g/mol. The maximum atomic E-state index is 13.8. The highest BCUT2D eigenvalue weighted by atomic mass is 16.3. The van der Waals surface area contributed by atoms with Crippen LogP contribution in [0.25, 0.3) is 0 Å². The van der Waals surface area contributed by atoms with Crippen LogP contribution in [0.1, 0.15) is 36.5 Å². The molecule has 2 atom stereocenters. The number of fused-ring (bicyclic) bond motifs is 2. The first-order valence-electron chi connectivity index (χ1n) is 12.4. The molecule has 2 aliphatic rings. The van der Waals surface area contributed by atoms with Gasteiger partial charge in [0.15, 0.2) is 5.60 Å². The lowest BCUT2D eigenvalue weighted by Gasteiger charge is -2.31.